The highest BCUT2D eigenvalue weighted by molar-refractivity contribution is 5.67. The Balaban J connectivity index is 2.61. The Hall–Kier alpha value is -2.06. The van der Waals surface area contributed by atoms with Crippen molar-refractivity contribution in [2.75, 3.05) is 18.5 Å². The monoisotopic (exact) mass is 248 g/mol. The molecule has 0 aliphatic rings. The van der Waals surface area contributed by atoms with E-state index >= 15 is 0 Å². The Bertz CT molecular complexity index is 440. The molecule has 0 aliphatic carbocycles. The lowest BCUT2D eigenvalue weighted by molar-refractivity contribution is -0.139. The van der Waals surface area contributed by atoms with Crippen LogP contribution in [-0.4, -0.2) is 30.3 Å². The molecule has 0 amide bonds. The number of hydrogen-bond donors (Lipinski definition) is 2. The van der Waals surface area contributed by atoms with Crippen molar-refractivity contribution < 1.29 is 14.6 Å². The summed E-state index contributed by atoms with van der Waals surface area (Å²) in [4.78, 5) is 10.7. The lowest BCUT2D eigenvalue weighted by atomic mass is 10.2. The highest BCUT2D eigenvalue weighted by Gasteiger charge is 2.13. The van der Waals surface area contributed by atoms with Crippen molar-refractivity contribution in [3.63, 3.8) is 0 Å². The van der Waals surface area contributed by atoms with E-state index in [9.17, 15) is 4.79 Å². The van der Waals surface area contributed by atoms with Crippen molar-refractivity contribution in [3.05, 3.63) is 29.8 Å². The fourth-order valence-corrected chi connectivity index (χ4v) is 1.58. The molecule has 1 aromatic rings. The average molecular weight is 248 g/mol. The molecule has 1 aromatic carbocycles. The van der Waals surface area contributed by atoms with E-state index in [1.165, 1.54) is 0 Å². The predicted octanol–water partition coefficient (Wildman–Crippen LogP) is 1.85. The summed E-state index contributed by atoms with van der Waals surface area (Å²) in [5, 5.41) is 20.7. The quantitative estimate of drug-likeness (QED) is 0.769. The molecule has 18 heavy (non-hydrogen) atoms. The Morgan fingerprint density at radius 2 is 2.28 bits per heavy atom. The maximum absolute atomic E-state index is 10.7. The average Bonchev–Trinajstić information content (AvgIpc) is 2.36. The van der Waals surface area contributed by atoms with E-state index in [2.05, 4.69) is 11.4 Å². The van der Waals surface area contributed by atoms with Gasteiger partial charge in [0.25, 0.3) is 0 Å². The van der Waals surface area contributed by atoms with Gasteiger partial charge in [0.2, 0.25) is 0 Å². The smallest absolute Gasteiger partial charge is 0.306 e. The zero-order chi connectivity index (χ0) is 13.4. The molecule has 0 saturated carbocycles. The summed E-state index contributed by atoms with van der Waals surface area (Å²) in [6.07, 6.45) is -0.463. The lowest BCUT2D eigenvalue weighted by Gasteiger charge is -2.17. The first kappa shape index (κ1) is 14.0. The number of nitrogens with one attached hydrogen (secondary N) is 1. The van der Waals surface area contributed by atoms with E-state index in [1.807, 2.05) is 13.0 Å². The molecule has 0 aromatic heterocycles. The summed E-state index contributed by atoms with van der Waals surface area (Å²) in [5.41, 5.74) is 1.22. The van der Waals surface area contributed by atoms with Crippen LogP contribution in [0, 0.1) is 11.3 Å². The van der Waals surface area contributed by atoms with Gasteiger partial charge in [0.1, 0.15) is 6.07 Å². The first-order valence-corrected chi connectivity index (χ1v) is 5.73. The summed E-state index contributed by atoms with van der Waals surface area (Å²) in [5.74, 6) is -0.899. The van der Waals surface area contributed by atoms with E-state index in [1.54, 1.807) is 18.2 Å². The molecule has 96 valence electrons. The second kappa shape index (κ2) is 7.30. The van der Waals surface area contributed by atoms with Gasteiger partial charge in [-0.25, -0.2) is 0 Å². The summed E-state index contributed by atoms with van der Waals surface area (Å²) >= 11 is 0. The van der Waals surface area contributed by atoms with Gasteiger partial charge in [-0.3, -0.25) is 4.79 Å². The van der Waals surface area contributed by atoms with Crippen LogP contribution in [0.15, 0.2) is 24.3 Å². The third kappa shape index (κ3) is 4.44. The number of anilines is 1. The molecule has 0 fully saturated rings. The Morgan fingerprint density at radius 1 is 1.56 bits per heavy atom. The van der Waals surface area contributed by atoms with Crippen molar-refractivity contribution in [2.24, 2.45) is 0 Å². The van der Waals surface area contributed by atoms with Gasteiger partial charge in [-0.1, -0.05) is 12.1 Å². The third-order valence-corrected chi connectivity index (χ3v) is 2.37. The molecule has 0 saturated heterocycles. The largest absolute Gasteiger partial charge is 0.481 e. The zero-order valence-electron chi connectivity index (χ0n) is 10.2. The number of hydrogen-bond acceptors (Lipinski definition) is 4. The fourth-order valence-electron chi connectivity index (χ4n) is 1.58. The van der Waals surface area contributed by atoms with E-state index < -0.39 is 12.1 Å². The second-order valence-corrected chi connectivity index (χ2v) is 3.71. The van der Waals surface area contributed by atoms with Gasteiger partial charge in [-0.2, -0.15) is 5.26 Å². The molecular formula is C13H16N2O3. The number of nitrogens with zero attached hydrogens (tertiary/aromatic N) is 1. The Morgan fingerprint density at radius 3 is 2.89 bits per heavy atom. The van der Waals surface area contributed by atoms with Crippen LogP contribution in [0.3, 0.4) is 0 Å². The summed E-state index contributed by atoms with van der Waals surface area (Å²) in [6.45, 7) is 2.64. The van der Waals surface area contributed by atoms with Crippen LogP contribution in [0.1, 0.15) is 18.9 Å². The van der Waals surface area contributed by atoms with Crippen LogP contribution in [0.2, 0.25) is 0 Å². The molecule has 5 nitrogen and oxygen atoms in total. The lowest BCUT2D eigenvalue weighted by Crippen LogP contribution is -2.26. The van der Waals surface area contributed by atoms with E-state index in [0.717, 1.165) is 0 Å². The number of para-hydroxylation sites is 1. The minimum Gasteiger partial charge on any atom is -0.481 e. The van der Waals surface area contributed by atoms with Crippen LogP contribution in [0.5, 0.6) is 0 Å². The fraction of sp³-hybridized carbons (Fsp3) is 0.385. The normalized spacial score (nSPS) is 11.6. The summed E-state index contributed by atoms with van der Waals surface area (Å²) in [6, 6.07) is 9.15. The third-order valence-electron chi connectivity index (χ3n) is 2.37. The standard InChI is InChI=1S/C13H16N2O3/c1-2-18-11(7-13(16)17)9-15-12-6-4-3-5-10(12)8-14/h3-6,11,15H,2,7,9H2,1H3,(H,16,17). The van der Waals surface area contributed by atoms with E-state index in [4.69, 9.17) is 15.1 Å². The SMILES string of the molecule is CCOC(CNc1ccccc1C#N)CC(=O)O. The molecular weight excluding hydrogens is 232 g/mol. The number of nitriles is 1. The topological polar surface area (TPSA) is 82.3 Å². The van der Waals surface area contributed by atoms with Crippen molar-refractivity contribution in [3.8, 4) is 6.07 Å². The van der Waals surface area contributed by atoms with Gasteiger partial charge in [0, 0.05) is 13.2 Å². The molecule has 2 N–H and O–H groups in total. The van der Waals surface area contributed by atoms with Crippen molar-refractivity contribution >= 4 is 11.7 Å². The molecule has 0 radical (unpaired) electrons. The van der Waals surface area contributed by atoms with Gasteiger partial charge >= 0.3 is 5.97 Å². The number of ether oxygens (including phenoxy) is 1. The second-order valence-electron chi connectivity index (χ2n) is 3.71. The van der Waals surface area contributed by atoms with Gasteiger partial charge in [-0.15, -0.1) is 0 Å². The first-order valence-electron chi connectivity index (χ1n) is 5.73. The van der Waals surface area contributed by atoms with Gasteiger partial charge in [0.15, 0.2) is 0 Å². The number of aliphatic carboxylic acids is 1. The minimum atomic E-state index is -0.899. The highest BCUT2D eigenvalue weighted by atomic mass is 16.5. The van der Waals surface area contributed by atoms with Crippen LogP contribution >= 0.6 is 0 Å². The van der Waals surface area contributed by atoms with E-state index in [-0.39, 0.29) is 6.42 Å². The predicted molar refractivity (Wildman–Crippen MR) is 67.3 cm³/mol. The number of benzene rings is 1. The van der Waals surface area contributed by atoms with Crippen molar-refractivity contribution in [1.29, 1.82) is 5.26 Å². The summed E-state index contributed by atoms with van der Waals surface area (Å²) in [7, 11) is 0. The highest BCUT2D eigenvalue weighted by Crippen LogP contribution is 2.14. The number of rotatable bonds is 7. The first-order chi connectivity index (χ1) is 8.67. The summed E-state index contributed by atoms with van der Waals surface area (Å²) < 4.78 is 5.32. The van der Waals surface area contributed by atoms with Crippen LogP contribution in [0.4, 0.5) is 5.69 Å². The number of carboxylic acids is 1. The van der Waals surface area contributed by atoms with E-state index in [0.29, 0.717) is 24.4 Å². The van der Waals surface area contributed by atoms with Gasteiger partial charge < -0.3 is 15.2 Å². The molecule has 0 bridgehead atoms. The zero-order valence-corrected chi connectivity index (χ0v) is 10.2. The molecule has 0 aliphatic heterocycles. The molecule has 0 heterocycles. The molecule has 1 unspecified atom stereocenters. The van der Waals surface area contributed by atoms with Gasteiger partial charge in [0.05, 0.1) is 23.8 Å². The molecule has 1 rings (SSSR count). The molecule has 1 atom stereocenters. The molecule has 5 heteroatoms. The molecule has 0 spiro atoms. The van der Waals surface area contributed by atoms with Crippen molar-refractivity contribution in [1.82, 2.24) is 0 Å². The Labute approximate surface area is 106 Å². The van der Waals surface area contributed by atoms with Gasteiger partial charge in [-0.05, 0) is 19.1 Å². The minimum absolute atomic E-state index is 0.0600. The van der Waals surface area contributed by atoms with Crippen molar-refractivity contribution in [2.45, 2.75) is 19.4 Å². The number of carboxylic acid groups (broad SMARTS) is 1. The van der Waals surface area contributed by atoms with Crippen LogP contribution < -0.4 is 5.32 Å². The van der Waals surface area contributed by atoms with Crippen LogP contribution in [0.25, 0.3) is 0 Å². The number of carbonyl (C=O) groups is 1. The Kier molecular flexibility index (Phi) is 5.68. The maximum atomic E-state index is 10.7. The van der Waals surface area contributed by atoms with Crippen LogP contribution in [-0.2, 0) is 9.53 Å². The maximum Gasteiger partial charge on any atom is 0.306 e.